The van der Waals surface area contributed by atoms with Crippen LogP contribution < -0.4 is 4.90 Å². The summed E-state index contributed by atoms with van der Waals surface area (Å²) >= 11 is 0. The Bertz CT molecular complexity index is 1210. The molecule has 0 aromatic carbocycles. The van der Waals surface area contributed by atoms with Gasteiger partial charge in [0, 0.05) is 35.4 Å². The van der Waals surface area contributed by atoms with Gasteiger partial charge in [0.05, 0.1) is 12.2 Å². The lowest BCUT2D eigenvalue weighted by atomic mass is 10.0. The van der Waals surface area contributed by atoms with Crippen molar-refractivity contribution in [3.05, 3.63) is 18.1 Å². The van der Waals surface area contributed by atoms with Gasteiger partial charge in [-0.2, -0.15) is 5.10 Å². The number of nitrogens with one attached hydrogen (secondary N) is 1. The molecule has 0 aliphatic carbocycles. The number of fused-ring (bicyclic) bond motifs is 3. The van der Waals surface area contributed by atoms with E-state index in [1.54, 1.807) is 6.20 Å². The number of hydrogen-bond donors (Lipinski definition) is 1. The van der Waals surface area contributed by atoms with Gasteiger partial charge in [-0.05, 0) is 57.7 Å². The van der Waals surface area contributed by atoms with E-state index in [0.717, 1.165) is 47.4 Å². The fourth-order valence-electron chi connectivity index (χ4n) is 5.06. The summed E-state index contributed by atoms with van der Waals surface area (Å²) in [5, 5.41) is 7.38. The van der Waals surface area contributed by atoms with Gasteiger partial charge >= 0.3 is 6.09 Å². The normalized spacial score (nSPS) is 19.5. The number of hydrogen-bond acceptors (Lipinski definition) is 8. The summed E-state index contributed by atoms with van der Waals surface area (Å²) in [6.45, 7) is 22.0. The van der Waals surface area contributed by atoms with Crippen molar-refractivity contribution in [2.24, 2.45) is 0 Å². The van der Waals surface area contributed by atoms with Crippen LogP contribution in [0, 0.1) is 0 Å². The highest BCUT2D eigenvalue weighted by Crippen LogP contribution is 2.39. The van der Waals surface area contributed by atoms with Crippen molar-refractivity contribution in [3.8, 4) is 0 Å². The number of rotatable bonds is 12. The molecule has 4 heterocycles. The molecular formula is C29H50N6O4Si2. The first kappa shape index (κ1) is 31.6. The molecule has 10 nitrogen and oxygen atoms in total. The second kappa shape index (κ2) is 12.5. The topological polar surface area (TPSA) is 106 Å². The summed E-state index contributed by atoms with van der Waals surface area (Å²) in [5.41, 5.74) is 2.05. The molecule has 0 radical (unpaired) electrons. The lowest BCUT2D eigenvalue weighted by Crippen LogP contribution is -2.45. The summed E-state index contributed by atoms with van der Waals surface area (Å²) in [4.78, 5) is 26.9. The van der Waals surface area contributed by atoms with Crippen LogP contribution in [0.2, 0.25) is 51.4 Å². The first-order valence-electron chi connectivity index (χ1n) is 14.9. The van der Waals surface area contributed by atoms with Crippen LogP contribution in [0.5, 0.6) is 0 Å². The van der Waals surface area contributed by atoms with E-state index in [-0.39, 0.29) is 18.2 Å². The van der Waals surface area contributed by atoms with Crippen LogP contribution >= 0.6 is 0 Å². The predicted octanol–water partition coefficient (Wildman–Crippen LogP) is 6.34. The molecule has 2 aromatic heterocycles. The van der Waals surface area contributed by atoms with Crippen LogP contribution in [0.15, 0.2) is 12.3 Å². The van der Waals surface area contributed by atoms with Crippen LogP contribution in [-0.2, 0) is 14.2 Å². The van der Waals surface area contributed by atoms with E-state index in [0.29, 0.717) is 38.9 Å². The van der Waals surface area contributed by atoms with E-state index in [4.69, 9.17) is 24.2 Å². The molecule has 2 atom stereocenters. The molecule has 2 aromatic rings. The summed E-state index contributed by atoms with van der Waals surface area (Å²) in [5.74, 6) is 1.40. The SMILES string of the molecule is CC(C)(C)OC(=O)N1C2C=C(c3nc(N(COCC[Si](C)(C)C)COCC[Si](C)(C)C)c4[nH]ncc4n3)CC1CC2. The molecule has 2 aliphatic heterocycles. The third-order valence-electron chi connectivity index (χ3n) is 7.35. The van der Waals surface area contributed by atoms with Gasteiger partial charge in [-0.25, -0.2) is 14.8 Å². The van der Waals surface area contributed by atoms with Gasteiger partial charge < -0.3 is 19.1 Å². The van der Waals surface area contributed by atoms with Crippen molar-refractivity contribution < 1.29 is 19.0 Å². The Balaban J connectivity index is 1.58. The second-order valence-electron chi connectivity index (χ2n) is 14.8. The third kappa shape index (κ3) is 8.85. The van der Waals surface area contributed by atoms with Gasteiger partial charge in [0.1, 0.15) is 30.1 Å². The predicted molar refractivity (Wildman–Crippen MR) is 170 cm³/mol. The average molecular weight is 603 g/mol. The maximum absolute atomic E-state index is 13.0. The van der Waals surface area contributed by atoms with Crippen LogP contribution in [0.3, 0.4) is 0 Å². The molecule has 4 rings (SSSR count). The van der Waals surface area contributed by atoms with E-state index >= 15 is 0 Å². The molecule has 2 unspecified atom stereocenters. The van der Waals surface area contributed by atoms with Crippen LogP contribution in [0.4, 0.5) is 10.6 Å². The number of nitrogens with zero attached hydrogens (tertiary/aromatic N) is 5. The lowest BCUT2D eigenvalue weighted by molar-refractivity contribution is 0.0175. The number of aromatic amines is 1. The highest BCUT2D eigenvalue weighted by atomic mass is 28.3. The lowest BCUT2D eigenvalue weighted by Gasteiger charge is -2.35. The summed E-state index contributed by atoms with van der Waals surface area (Å²) in [6, 6.07) is 2.25. The Morgan fingerprint density at radius 1 is 1.02 bits per heavy atom. The van der Waals surface area contributed by atoms with Gasteiger partial charge in [-0.15, -0.1) is 0 Å². The Hall–Kier alpha value is -2.29. The minimum absolute atomic E-state index is 0.0170. The Kier molecular flexibility index (Phi) is 9.67. The van der Waals surface area contributed by atoms with Crippen molar-refractivity contribution in [1.29, 1.82) is 0 Å². The maximum atomic E-state index is 13.0. The summed E-state index contributed by atoms with van der Waals surface area (Å²) < 4.78 is 18.1. The minimum Gasteiger partial charge on any atom is -0.444 e. The van der Waals surface area contributed by atoms with E-state index in [1.807, 2.05) is 30.6 Å². The van der Waals surface area contributed by atoms with E-state index in [1.165, 1.54) is 0 Å². The third-order valence-corrected chi connectivity index (χ3v) is 10.8. The molecule has 1 N–H and O–H groups in total. The molecular weight excluding hydrogens is 553 g/mol. The van der Waals surface area contributed by atoms with E-state index in [2.05, 4.69) is 55.6 Å². The smallest absolute Gasteiger partial charge is 0.411 e. The van der Waals surface area contributed by atoms with Crippen molar-refractivity contribution in [3.63, 3.8) is 0 Å². The van der Waals surface area contributed by atoms with Gasteiger partial charge in [0.25, 0.3) is 0 Å². The molecule has 1 amide bonds. The summed E-state index contributed by atoms with van der Waals surface area (Å²) in [6.07, 6.45) is 6.19. The zero-order valence-corrected chi connectivity index (χ0v) is 28.5. The standard InChI is InChI=1S/C29H50N6O4Si2/c1-29(2,3)39-28(36)35-22-10-11-23(35)17-21(16-22)26-31-24-18-30-33-25(24)27(32-26)34(19-37-12-14-40(4,5)6)20-38-13-15-41(7,8)9/h16,18,22-23H,10-15,17,19-20H2,1-9H3,(H,30,33). The largest absolute Gasteiger partial charge is 0.444 e. The first-order chi connectivity index (χ1) is 19.1. The number of ether oxygens (including phenoxy) is 3. The molecule has 2 aliphatic rings. The number of anilines is 1. The maximum Gasteiger partial charge on any atom is 0.411 e. The van der Waals surface area contributed by atoms with Crippen molar-refractivity contribution >= 4 is 44.7 Å². The molecule has 41 heavy (non-hydrogen) atoms. The fraction of sp³-hybridized carbons (Fsp3) is 0.724. The van der Waals surface area contributed by atoms with Crippen molar-refractivity contribution in [1.82, 2.24) is 25.1 Å². The van der Waals surface area contributed by atoms with Gasteiger partial charge in [0.2, 0.25) is 0 Å². The van der Waals surface area contributed by atoms with Gasteiger partial charge in [0.15, 0.2) is 11.6 Å². The minimum atomic E-state index is -1.22. The molecule has 1 fully saturated rings. The van der Waals surface area contributed by atoms with E-state index < -0.39 is 21.7 Å². The summed E-state index contributed by atoms with van der Waals surface area (Å²) in [7, 11) is -2.43. The monoisotopic (exact) mass is 602 g/mol. The second-order valence-corrected chi connectivity index (χ2v) is 26.1. The zero-order valence-electron chi connectivity index (χ0n) is 26.5. The molecule has 12 heteroatoms. The van der Waals surface area contributed by atoms with Crippen molar-refractivity contribution in [2.75, 3.05) is 31.6 Å². The number of aromatic nitrogens is 4. The number of carbonyl (C=O) groups is 1. The molecule has 0 saturated carbocycles. The highest BCUT2D eigenvalue weighted by molar-refractivity contribution is 6.76. The number of amides is 1. The molecule has 0 spiro atoms. The Labute approximate surface area is 247 Å². The number of H-pyrrole nitrogens is 1. The highest BCUT2D eigenvalue weighted by Gasteiger charge is 2.42. The molecule has 228 valence electrons. The van der Waals surface area contributed by atoms with Gasteiger partial charge in [-0.1, -0.05) is 45.4 Å². The Morgan fingerprint density at radius 2 is 1.66 bits per heavy atom. The van der Waals surface area contributed by atoms with E-state index in [9.17, 15) is 4.79 Å². The fourth-order valence-corrected chi connectivity index (χ4v) is 6.57. The van der Waals surface area contributed by atoms with Gasteiger partial charge in [-0.3, -0.25) is 10.00 Å². The van der Waals surface area contributed by atoms with Crippen LogP contribution in [-0.4, -0.2) is 91.7 Å². The first-order valence-corrected chi connectivity index (χ1v) is 22.3. The zero-order chi connectivity index (χ0) is 30.0. The van der Waals surface area contributed by atoms with Crippen LogP contribution in [0.25, 0.3) is 16.6 Å². The molecule has 2 bridgehead atoms. The average Bonchev–Trinajstić information content (AvgIpc) is 3.42. The number of carbonyl (C=O) groups excluding carboxylic acids is 1. The molecule has 1 saturated heterocycles. The van der Waals surface area contributed by atoms with Crippen molar-refractivity contribution in [2.45, 2.75) is 109 Å². The Morgan fingerprint density at radius 3 is 2.22 bits per heavy atom. The van der Waals surface area contributed by atoms with Crippen LogP contribution in [0.1, 0.15) is 45.9 Å². The quantitative estimate of drug-likeness (QED) is 0.170.